The summed E-state index contributed by atoms with van der Waals surface area (Å²) in [5.74, 6) is 0.629. The molecule has 1 atom stereocenters. The summed E-state index contributed by atoms with van der Waals surface area (Å²) in [4.78, 5) is 24.7. The highest BCUT2D eigenvalue weighted by molar-refractivity contribution is 5.80. The van der Waals surface area contributed by atoms with Gasteiger partial charge in [-0.3, -0.25) is 9.59 Å². The lowest BCUT2D eigenvalue weighted by molar-refractivity contribution is -0.124. The SMILES string of the molecule is CCOc1ccc(-c2ccc(=O)n([C@H](C)C(=O)NC3CCCC3)n2)cc1. The third-order valence-corrected chi connectivity index (χ3v) is 4.73. The molecule has 26 heavy (non-hydrogen) atoms. The predicted molar refractivity (Wildman–Crippen MR) is 100 cm³/mol. The lowest BCUT2D eigenvalue weighted by atomic mass is 10.1. The van der Waals surface area contributed by atoms with Crippen molar-refractivity contribution in [3.63, 3.8) is 0 Å². The number of carbonyl (C=O) groups is 1. The first kappa shape index (κ1) is 18.2. The third-order valence-electron chi connectivity index (χ3n) is 4.73. The molecule has 1 fully saturated rings. The molecule has 2 aromatic rings. The van der Waals surface area contributed by atoms with Crippen LogP contribution in [-0.4, -0.2) is 28.3 Å². The smallest absolute Gasteiger partial charge is 0.267 e. The Labute approximate surface area is 153 Å². The highest BCUT2D eigenvalue weighted by Crippen LogP contribution is 2.21. The summed E-state index contributed by atoms with van der Waals surface area (Å²) in [7, 11) is 0. The fourth-order valence-corrected chi connectivity index (χ4v) is 3.25. The topological polar surface area (TPSA) is 73.2 Å². The molecule has 6 nitrogen and oxygen atoms in total. The highest BCUT2D eigenvalue weighted by Gasteiger charge is 2.23. The second kappa shape index (κ2) is 8.17. The standard InChI is InChI=1S/C20H25N3O3/c1-3-26-17-10-8-15(9-11-17)18-12-13-19(24)23(22-18)14(2)20(25)21-16-6-4-5-7-16/h8-14,16H,3-7H2,1-2H3,(H,21,25)/t14-/m1/s1. The molecule has 0 bridgehead atoms. The van der Waals surface area contributed by atoms with E-state index in [1.165, 1.54) is 10.7 Å². The lowest BCUT2D eigenvalue weighted by Gasteiger charge is -2.18. The Balaban J connectivity index is 1.80. The number of nitrogens with one attached hydrogen (secondary N) is 1. The van der Waals surface area contributed by atoms with E-state index >= 15 is 0 Å². The zero-order valence-corrected chi connectivity index (χ0v) is 15.3. The van der Waals surface area contributed by atoms with Crippen LogP contribution in [0.3, 0.4) is 0 Å². The van der Waals surface area contributed by atoms with Crippen molar-refractivity contribution in [1.82, 2.24) is 15.1 Å². The van der Waals surface area contributed by atoms with E-state index < -0.39 is 6.04 Å². The normalized spacial score (nSPS) is 15.6. The molecule has 1 amide bonds. The van der Waals surface area contributed by atoms with Gasteiger partial charge in [-0.25, -0.2) is 4.68 Å². The monoisotopic (exact) mass is 355 g/mol. The van der Waals surface area contributed by atoms with Crippen molar-refractivity contribution in [2.45, 2.75) is 51.6 Å². The number of rotatable bonds is 6. The molecule has 1 aromatic heterocycles. The van der Waals surface area contributed by atoms with Crippen molar-refractivity contribution in [2.75, 3.05) is 6.61 Å². The maximum Gasteiger partial charge on any atom is 0.267 e. The van der Waals surface area contributed by atoms with E-state index in [-0.39, 0.29) is 17.5 Å². The van der Waals surface area contributed by atoms with Crippen molar-refractivity contribution in [1.29, 1.82) is 0 Å². The van der Waals surface area contributed by atoms with Gasteiger partial charge in [0.2, 0.25) is 5.91 Å². The summed E-state index contributed by atoms with van der Waals surface area (Å²) < 4.78 is 6.70. The zero-order valence-electron chi connectivity index (χ0n) is 15.3. The number of hydrogen-bond donors (Lipinski definition) is 1. The first-order chi connectivity index (χ1) is 12.6. The molecule has 0 spiro atoms. The summed E-state index contributed by atoms with van der Waals surface area (Å²) in [6, 6.07) is 10.2. The Bertz CT molecular complexity index is 808. The molecular formula is C20H25N3O3. The quantitative estimate of drug-likeness (QED) is 0.865. The van der Waals surface area contributed by atoms with Crippen LogP contribution in [-0.2, 0) is 4.79 Å². The Morgan fingerprint density at radius 2 is 1.92 bits per heavy atom. The Hall–Kier alpha value is -2.63. The maximum absolute atomic E-state index is 12.5. The lowest BCUT2D eigenvalue weighted by Crippen LogP contribution is -2.40. The van der Waals surface area contributed by atoms with Gasteiger partial charge in [0.1, 0.15) is 11.8 Å². The van der Waals surface area contributed by atoms with Gasteiger partial charge < -0.3 is 10.1 Å². The average Bonchev–Trinajstić information content (AvgIpc) is 3.15. The predicted octanol–water partition coefficient (Wildman–Crippen LogP) is 2.93. The number of benzene rings is 1. The molecule has 1 N–H and O–H groups in total. The minimum Gasteiger partial charge on any atom is -0.494 e. The van der Waals surface area contributed by atoms with Crippen LogP contribution in [0.15, 0.2) is 41.2 Å². The minimum absolute atomic E-state index is 0.157. The summed E-state index contributed by atoms with van der Waals surface area (Å²) in [5.41, 5.74) is 1.23. The Kier molecular flexibility index (Phi) is 5.71. The third kappa shape index (κ3) is 4.12. The number of ether oxygens (including phenoxy) is 1. The second-order valence-electron chi connectivity index (χ2n) is 6.62. The summed E-state index contributed by atoms with van der Waals surface area (Å²) in [6.45, 7) is 4.25. The molecule has 1 heterocycles. The van der Waals surface area contributed by atoms with Crippen molar-refractivity contribution in [3.05, 3.63) is 46.8 Å². The number of carbonyl (C=O) groups excluding carboxylic acids is 1. The van der Waals surface area contributed by atoms with E-state index in [1.807, 2.05) is 31.2 Å². The van der Waals surface area contributed by atoms with Crippen molar-refractivity contribution in [2.24, 2.45) is 0 Å². The van der Waals surface area contributed by atoms with Crippen molar-refractivity contribution >= 4 is 5.91 Å². The van der Waals surface area contributed by atoms with Crippen LogP contribution in [0, 0.1) is 0 Å². The average molecular weight is 355 g/mol. The van der Waals surface area contributed by atoms with E-state index in [2.05, 4.69) is 10.4 Å². The first-order valence-corrected chi connectivity index (χ1v) is 9.22. The van der Waals surface area contributed by atoms with Gasteiger partial charge in [-0.2, -0.15) is 5.10 Å². The molecule has 0 saturated heterocycles. The summed E-state index contributed by atoms with van der Waals surface area (Å²) in [6.07, 6.45) is 4.30. The Morgan fingerprint density at radius 1 is 1.23 bits per heavy atom. The van der Waals surface area contributed by atoms with Gasteiger partial charge in [-0.1, -0.05) is 12.8 Å². The van der Waals surface area contributed by atoms with Crippen LogP contribution in [0.5, 0.6) is 5.75 Å². The zero-order chi connectivity index (χ0) is 18.5. The largest absolute Gasteiger partial charge is 0.494 e. The molecule has 138 valence electrons. The fourth-order valence-electron chi connectivity index (χ4n) is 3.25. The molecule has 3 rings (SSSR count). The van der Waals surface area contributed by atoms with Gasteiger partial charge in [0.15, 0.2) is 0 Å². The van der Waals surface area contributed by atoms with Crippen LogP contribution in [0.1, 0.15) is 45.6 Å². The number of aromatic nitrogens is 2. The number of hydrogen-bond acceptors (Lipinski definition) is 4. The van der Waals surface area contributed by atoms with Crippen LogP contribution in [0.4, 0.5) is 0 Å². The van der Waals surface area contributed by atoms with Crippen molar-refractivity contribution < 1.29 is 9.53 Å². The fraction of sp³-hybridized carbons (Fsp3) is 0.450. The van der Waals surface area contributed by atoms with Gasteiger partial charge in [-0.05, 0) is 57.0 Å². The molecule has 1 aromatic carbocycles. The first-order valence-electron chi connectivity index (χ1n) is 9.22. The van der Waals surface area contributed by atoms with Gasteiger partial charge in [0, 0.05) is 17.7 Å². The van der Waals surface area contributed by atoms with Gasteiger partial charge >= 0.3 is 0 Å². The van der Waals surface area contributed by atoms with E-state index in [0.717, 1.165) is 37.0 Å². The minimum atomic E-state index is -0.647. The van der Waals surface area contributed by atoms with E-state index in [0.29, 0.717) is 12.3 Å². The van der Waals surface area contributed by atoms with E-state index in [9.17, 15) is 9.59 Å². The summed E-state index contributed by atoms with van der Waals surface area (Å²) >= 11 is 0. The van der Waals surface area contributed by atoms with Crippen LogP contribution >= 0.6 is 0 Å². The molecule has 1 aliphatic rings. The maximum atomic E-state index is 12.5. The highest BCUT2D eigenvalue weighted by atomic mass is 16.5. The van der Waals surface area contributed by atoms with Crippen molar-refractivity contribution in [3.8, 4) is 17.0 Å². The van der Waals surface area contributed by atoms with Gasteiger partial charge in [-0.15, -0.1) is 0 Å². The summed E-state index contributed by atoms with van der Waals surface area (Å²) in [5, 5.41) is 7.45. The Morgan fingerprint density at radius 3 is 2.58 bits per heavy atom. The molecular weight excluding hydrogens is 330 g/mol. The van der Waals surface area contributed by atoms with Crippen LogP contribution in [0.2, 0.25) is 0 Å². The molecule has 0 radical (unpaired) electrons. The number of amides is 1. The molecule has 0 aliphatic heterocycles. The molecule has 1 aliphatic carbocycles. The van der Waals surface area contributed by atoms with Crippen LogP contribution in [0.25, 0.3) is 11.3 Å². The number of nitrogens with zero attached hydrogens (tertiary/aromatic N) is 2. The van der Waals surface area contributed by atoms with E-state index in [1.54, 1.807) is 13.0 Å². The second-order valence-corrected chi connectivity index (χ2v) is 6.62. The molecule has 1 saturated carbocycles. The van der Waals surface area contributed by atoms with Gasteiger partial charge in [0.05, 0.1) is 12.3 Å². The van der Waals surface area contributed by atoms with Crippen LogP contribution < -0.4 is 15.6 Å². The van der Waals surface area contributed by atoms with E-state index in [4.69, 9.17) is 4.74 Å². The molecule has 0 unspecified atom stereocenters. The molecule has 6 heteroatoms. The van der Waals surface area contributed by atoms with Gasteiger partial charge in [0.25, 0.3) is 5.56 Å².